The fourth-order valence-electron chi connectivity index (χ4n) is 2.21. The molecular weight excluding hydrogens is 322 g/mol. The summed E-state index contributed by atoms with van der Waals surface area (Å²) < 4.78 is 32.9. The van der Waals surface area contributed by atoms with E-state index >= 15 is 0 Å². The number of nitrogens with one attached hydrogen (secondary N) is 2. The number of hydrogen-bond acceptors (Lipinski definition) is 6. The lowest BCUT2D eigenvalue weighted by atomic mass is 10.1. The Morgan fingerprint density at radius 1 is 1.39 bits per heavy atom. The molecule has 2 rings (SSSR count). The number of carbonyl (C=O) groups is 1. The molecule has 1 saturated heterocycles. The van der Waals surface area contributed by atoms with Gasteiger partial charge in [0.1, 0.15) is 6.61 Å². The average Bonchev–Trinajstić information content (AvgIpc) is 2.87. The maximum atomic E-state index is 11.8. The number of hydrogen-bond donors (Lipinski definition) is 2. The smallest absolute Gasteiger partial charge is 0.319 e. The molecule has 23 heavy (non-hydrogen) atoms. The van der Waals surface area contributed by atoms with Crippen LogP contribution >= 0.6 is 0 Å². The molecule has 0 bridgehead atoms. The molecule has 1 atom stereocenters. The summed E-state index contributed by atoms with van der Waals surface area (Å²) in [5.41, 5.74) is 0.528. The van der Waals surface area contributed by atoms with Crippen LogP contribution in [0.2, 0.25) is 0 Å². The Balaban J connectivity index is 1.72. The van der Waals surface area contributed by atoms with Crippen molar-refractivity contribution in [3.63, 3.8) is 0 Å². The lowest BCUT2D eigenvalue weighted by Gasteiger charge is -2.11. The molecule has 2 amide bonds. The monoisotopic (exact) mass is 343 g/mol. The van der Waals surface area contributed by atoms with Crippen LogP contribution in [0.3, 0.4) is 0 Å². The van der Waals surface area contributed by atoms with Gasteiger partial charge in [-0.25, -0.2) is 18.2 Å². The minimum absolute atomic E-state index is 0.0135. The lowest BCUT2D eigenvalue weighted by molar-refractivity contribution is 0.144. The molecule has 0 aliphatic carbocycles. The van der Waals surface area contributed by atoms with Crippen LogP contribution in [0.1, 0.15) is 6.42 Å². The summed E-state index contributed by atoms with van der Waals surface area (Å²) in [5.74, 6) is 0.780. The summed E-state index contributed by atoms with van der Waals surface area (Å²) in [6.45, 7) is 1.22. The summed E-state index contributed by atoms with van der Waals surface area (Å²) in [7, 11) is -1.33. The Bertz CT molecular complexity index is 618. The van der Waals surface area contributed by atoms with Gasteiger partial charge in [0.15, 0.2) is 9.84 Å². The van der Waals surface area contributed by atoms with Crippen LogP contribution in [0, 0.1) is 5.92 Å². The van der Waals surface area contributed by atoms with Crippen molar-refractivity contribution >= 4 is 21.6 Å². The highest BCUT2D eigenvalue weighted by Gasteiger charge is 2.27. The SMILES string of the molecule is COCCOc1ccc(NC(=O)NC[C@@H]2CCS(=O)(=O)C2)cn1. The van der Waals surface area contributed by atoms with Crippen molar-refractivity contribution in [2.24, 2.45) is 5.92 Å². The molecule has 2 heterocycles. The number of carbonyl (C=O) groups excluding carboxylic acids is 1. The second kappa shape index (κ2) is 8.11. The number of pyridine rings is 1. The van der Waals surface area contributed by atoms with E-state index in [1.807, 2.05) is 0 Å². The fourth-order valence-corrected chi connectivity index (χ4v) is 4.08. The molecule has 2 N–H and O–H groups in total. The number of methoxy groups -OCH3 is 1. The van der Waals surface area contributed by atoms with Gasteiger partial charge in [0.25, 0.3) is 0 Å². The molecule has 9 heteroatoms. The molecule has 1 aromatic rings. The Morgan fingerprint density at radius 3 is 2.83 bits per heavy atom. The zero-order valence-electron chi connectivity index (χ0n) is 12.9. The zero-order chi connectivity index (χ0) is 16.7. The van der Waals surface area contributed by atoms with Crippen LogP contribution < -0.4 is 15.4 Å². The Hall–Kier alpha value is -1.87. The van der Waals surface area contributed by atoms with Gasteiger partial charge < -0.3 is 20.1 Å². The van der Waals surface area contributed by atoms with Gasteiger partial charge in [0.05, 0.1) is 30.0 Å². The van der Waals surface area contributed by atoms with E-state index < -0.39 is 9.84 Å². The van der Waals surface area contributed by atoms with Crippen molar-refractivity contribution in [2.45, 2.75) is 6.42 Å². The summed E-state index contributed by atoms with van der Waals surface area (Å²) in [4.78, 5) is 15.8. The Kier molecular flexibility index (Phi) is 6.17. The van der Waals surface area contributed by atoms with Gasteiger partial charge in [0, 0.05) is 19.7 Å². The van der Waals surface area contributed by atoms with Gasteiger partial charge in [0.2, 0.25) is 5.88 Å². The van der Waals surface area contributed by atoms with Crippen LogP contribution in [0.4, 0.5) is 10.5 Å². The predicted molar refractivity (Wildman–Crippen MR) is 85.4 cm³/mol. The van der Waals surface area contributed by atoms with Crippen molar-refractivity contribution < 1.29 is 22.7 Å². The van der Waals surface area contributed by atoms with Crippen molar-refractivity contribution in [2.75, 3.05) is 43.7 Å². The number of sulfone groups is 1. The first-order valence-corrected chi connectivity index (χ1v) is 9.14. The van der Waals surface area contributed by atoms with E-state index in [4.69, 9.17) is 9.47 Å². The molecule has 8 nitrogen and oxygen atoms in total. The molecule has 128 valence electrons. The average molecular weight is 343 g/mol. The first kappa shape index (κ1) is 17.5. The van der Waals surface area contributed by atoms with Crippen LogP contribution in [0.15, 0.2) is 18.3 Å². The number of amides is 2. The second-order valence-corrected chi connectivity index (χ2v) is 7.56. The molecular formula is C14H21N3O5S. The number of ether oxygens (including phenoxy) is 2. The third kappa shape index (κ3) is 6.03. The van der Waals surface area contributed by atoms with Crippen molar-refractivity contribution in [3.8, 4) is 5.88 Å². The summed E-state index contributed by atoms with van der Waals surface area (Å²) >= 11 is 0. The topological polar surface area (TPSA) is 107 Å². The first-order chi connectivity index (χ1) is 11.0. The van der Waals surface area contributed by atoms with E-state index in [1.54, 1.807) is 19.2 Å². The number of aromatic nitrogens is 1. The van der Waals surface area contributed by atoms with E-state index in [2.05, 4.69) is 15.6 Å². The number of nitrogens with zero attached hydrogens (tertiary/aromatic N) is 1. The van der Waals surface area contributed by atoms with Crippen molar-refractivity contribution in [1.29, 1.82) is 0 Å². The first-order valence-electron chi connectivity index (χ1n) is 7.31. The van der Waals surface area contributed by atoms with Crippen LogP contribution in [0.25, 0.3) is 0 Å². The zero-order valence-corrected chi connectivity index (χ0v) is 13.8. The van der Waals surface area contributed by atoms with Gasteiger partial charge in [-0.1, -0.05) is 0 Å². The molecule has 0 radical (unpaired) electrons. The molecule has 0 aromatic carbocycles. The van der Waals surface area contributed by atoms with Crippen LogP contribution in [-0.4, -0.2) is 57.8 Å². The molecule has 0 unspecified atom stereocenters. The van der Waals surface area contributed by atoms with Gasteiger partial charge in [-0.3, -0.25) is 0 Å². The minimum Gasteiger partial charge on any atom is -0.475 e. The maximum Gasteiger partial charge on any atom is 0.319 e. The quantitative estimate of drug-likeness (QED) is 0.705. The summed E-state index contributed by atoms with van der Waals surface area (Å²) in [5, 5.41) is 5.32. The highest BCUT2D eigenvalue weighted by molar-refractivity contribution is 7.91. The highest BCUT2D eigenvalue weighted by atomic mass is 32.2. The number of anilines is 1. The molecule has 1 aliphatic rings. The number of urea groups is 1. The molecule has 0 saturated carbocycles. The van der Waals surface area contributed by atoms with E-state index in [9.17, 15) is 13.2 Å². The lowest BCUT2D eigenvalue weighted by Crippen LogP contribution is -2.33. The fraction of sp³-hybridized carbons (Fsp3) is 0.571. The van der Waals surface area contributed by atoms with Crippen molar-refractivity contribution in [3.05, 3.63) is 18.3 Å². The van der Waals surface area contributed by atoms with Gasteiger partial charge in [-0.2, -0.15) is 0 Å². The maximum absolute atomic E-state index is 11.8. The Labute approximate surface area is 135 Å². The molecule has 0 spiro atoms. The molecule has 1 aliphatic heterocycles. The summed E-state index contributed by atoms with van der Waals surface area (Å²) in [6, 6.07) is 2.94. The normalized spacial score (nSPS) is 19.3. The minimum atomic E-state index is -2.92. The molecule has 1 aromatic heterocycles. The van der Waals surface area contributed by atoms with E-state index in [-0.39, 0.29) is 23.5 Å². The van der Waals surface area contributed by atoms with Gasteiger partial charge >= 0.3 is 6.03 Å². The van der Waals surface area contributed by atoms with Crippen molar-refractivity contribution in [1.82, 2.24) is 10.3 Å². The van der Waals surface area contributed by atoms with Crippen LogP contribution in [0.5, 0.6) is 5.88 Å². The third-order valence-corrected chi connectivity index (χ3v) is 5.25. The van der Waals surface area contributed by atoms with Crippen LogP contribution in [-0.2, 0) is 14.6 Å². The van der Waals surface area contributed by atoms with E-state index in [1.165, 1.54) is 6.20 Å². The standard InChI is InChI=1S/C14H21N3O5S/c1-21-5-6-22-13-3-2-12(9-15-13)17-14(18)16-8-11-4-7-23(19,20)10-11/h2-3,9,11H,4-8,10H2,1H3,(H2,16,17,18)/t11-/m0/s1. The van der Waals surface area contributed by atoms with E-state index in [0.29, 0.717) is 37.7 Å². The molecule has 1 fully saturated rings. The number of rotatable bonds is 7. The van der Waals surface area contributed by atoms with E-state index in [0.717, 1.165) is 0 Å². The Morgan fingerprint density at radius 2 is 2.22 bits per heavy atom. The van der Waals surface area contributed by atoms with Gasteiger partial charge in [-0.05, 0) is 18.4 Å². The highest BCUT2D eigenvalue weighted by Crippen LogP contribution is 2.17. The largest absolute Gasteiger partial charge is 0.475 e. The second-order valence-electron chi connectivity index (χ2n) is 5.33. The third-order valence-electron chi connectivity index (χ3n) is 3.41. The summed E-state index contributed by atoms with van der Waals surface area (Å²) in [6.07, 6.45) is 2.08. The van der Waals surface area contributed by atoms with Gasteiger partial charge in [-0.15, -0.1) is 0 Å². The predicted octanol–water partition coefficient (Wildman–Crippen LogP) is 0.663.